The second kappa shape index (κ2) is 8.02. The molecule has 1 fully saturated rings. The van der Waals surface area contributed by atoms with Gasteiger partial charge in [-0.15, -0.1) is 0 Å². The van der Waals surface area contributed by atoms with Crippen LogP contribution in [0.15, 0.2) is 18.2 Å². The Balaban J connectivity index is 2.07. The third kappa shape index (κ3) is 4.35. The van der Waals surface area contributed by atoms with Crippen molar-refractivity contribution in [1.82, 2.24) is 5.32 Å². The normalized spacial score (nSPS) is 20.6. The van der Waals surface area contributed by atoms with Crippen molar-refractivity contribution >= 4 is 17.3 Å². The molecule has 0 aromatic heterocycles. The summed E-state index contributed by atoms with van der Waals surface area (Å²) in [6.45, 7) is 7.58. The van der Waals surface area contributed by atoms with Crippen molar-refractivity contribution < 1.29 is 5.11 Å². The minimum atomic E-state index is 0.276. The number of aliphatic hydroxyl groups is 1. The third-order valence-electron chi connectivity index (χ3n) is 4.29. The Morgan fingerprint density at radius 1 is 1.48 bits per heavy atom. The largest absolute Gasteiger partial charge is 0.396 e. The van der Waals surface area contributed by atoms with Crippen molar-refractivity contribution in [2.75, 3.05) is 31.1 Å². The summed E-state index contributed by atoms with van der Waals surface area (Å²) < 4.78 is 0. The van der Waals surface area contributed by atoms with E-state index in [1.807, 2.05) is 0 Å². The summed E-state index contributed by atoms with van der Waals surface area (Å²) in [5.41, 5.74) is 2.33. The lowest BCUT2D eigenvalue weighted by Crippen LogP contribution is -2.36. The van der Waals surface area contributed by atoms with E-state index in [1.54, 1.807) is 0 Å². The Kier molecular flexibility index (Phi) is 6.34. The van der Waals surface area contributed by atoms with Crippen molar-refractivity contribution in [3.63, 3.8) is 0 Å². The molecule has 0 bridgehead atoms. The predicted octanol–water partition coefficient (Wildman–Crippen LogP) is 3.61. The number of halogens is 1. The second-order valence-corrected chi connectivity index (χ2v) is 6.43. The van der Waals surface area contributed by atoms with Crippen LogP contribution in [0.1, 0.15) is 44.7 Å². The Morgan fingerprint density at radius 2 is 2.29 bits per heavy atom. The molecule has 2 atom stereocenters. The highest BCUT2D eigenvalue weighted by Crippen LogP contribution is 2.30. The van der Waals surface area contributed by atoms with Crippen molar-refractivity contribution in [3.05, 3.63) is 28.8 Å². The van der Waals surface area contributed by atoms with Crippen molar-refractivity contribution in [1.29, 1.82) is 0 Å². The van der Waals surface area contributed by atoms with Gasteiger partial charge in [-0.05, 0) is 56.3 Å². The summed E-state index contributed by atoms with van der Waals surface area (Å²) in [4.78, 5) is 2.34. The van der Waals surface area contributed by atoms with Gasteiger partial charge in [0.1, 0.15) is 0 Å². The molecule has 0 amide bonds. The topological polar surface area (TPSA) is 35.5 Å². The number of hydrogen-bond acceptors (Lipinski definition) is 3. The first-order valence-electron chi connectivity index (χ1n) is 8.04. The van der Waals surface area contributed by atoms with Crippen LogP contribution in [0, 0.1) is 5.92 Å². The molecule has 1 aromatic rings. The Hall–Kier alpha value is -0.770. The molecule has 4 heteroatoms. The summed E-state index contributed by atoms with van der Waals surface area (Å²) in [6.07, 6.45) is 3.38. The Bertz CT molecular complexity index is 452. The molecular weight excluding hydrogens is 284 g/mol. The van der Waals surface area contributed by atoms with Crippen LogP contribution in [0.4, 0.5) is 5.69 Å². The molecule has 2 N–H and O–H groups in total. The first-order valence-corrected chi connectivity index (χ1v) is 8.42. The molecule has 0 aliphatic carbocycles. The van der Waals surface area contributed by atoms with E-state index in [2.05, 4.69) is 42.3 Å². The van der Waals surface area contributed by atoms with Gasteiger partial charge < -0.3 is 15.3 Å². The minimum absolute atomic E-state index is 0.276. The smallest absolute Gasteiger partial charge is 0.0476 e. The third-order valence-corrected chi connectivity index (χ3v) is 4.62. The van der Waals surface area contributed by atoms with Crippen LogP contribution in [-0.2, 0) is 0 Å². The summed E-state index contributed by atoms with van der Waals surface area (Å²) in [5, 5.41) is 13.7. The number of nitrogens with one attached hydrogen (secondary N) is 1. The lowest BCUT2D eigenvalue weighted by Gasteiger charge is -2.34. The molecule has 2 rings (SSSR count). The fourth-order valence-corrected chi connectivity index (χ4v) is 3.32. The summed E-state index contributed by atoms with van der Waals surface area (Å²) in [7, 11) is 0. The van der Waals surface area contributed by atoms with Crippen LogP contribution < -0.4 is 10.2 Å². The molecule has 1 aliphatic rings. The van der Waals surface area contributed by atoms with E-state index < -0.39 is 0 Å². The molecule has 1 aromatic carbocycles. The highest BCUT2D eigenvalue weighted by molar-refractivity contribution is 6.31. The first kappa shape index (κ1) is 16.6. The van der Waals surface area contributed by atoms with E-state index in [1.165, 1.54) is 5.69 Å². The van der Waals surface area contributed by atoms with Crippen molar-refractivity contribution in [3.8, 4) is 0 Å². The molecule has 3 nitrogen and oxygen atoms in total. The first-order chi connectivity index (χ1) is 10.2. The summed E-state index contributed by atoms with van der Waals surface area (Å²) in [5.74, 6) is 0.391. The number of anilines is 1. The van der Waals surface area contributed by atoms with E-state index in [0.29, 0.717) is 5.92 Å². The van der Waals surface area contributed by atoms with E-state index in [9.17, 15) is 5.11 Å². The minimum Gasteiger partial charge on any atom is -0.396 e. The zero-order valence-electron chi connectivity index (χ0n) is 13.1. The van der Waals surface area contributed by atoms with Gasteiger partial charge in [0.15, 0.2) is 0 Å². The number of hydrogen-bond donors (Lipinski definition) is 2. The number of benzene rings is 1. The maximum Gasteiger partial charge on any atom is 0.0476 e. The molecule has 1 aliphatic heterocycles. The van der Waals surface area contributed by atoms with E-state index >= 15 is 0 Å². The Labute approximate surface area is 133 Å². The molecule has 2 unspecified atom stereocenters. The quantitative estimate of drug-likeness (QED) is 0.842. The van der Waals surface area contributed by atoms with Crippen LogP contribution >= 0.6 is 11.6 Å². The molecule has 1 heterocycles. The average molecular weight is 311 g/mol. The van der Waals surface area contributed by atoms with Gasteiger partial charge in [0.25, 0.3) is 0 Å². The maximum atomic E-state index is 9.35. The monoisotopic (exact) mass is 310 g/mol. The van der Waals surface area contributed by atoms with Crippen LogP contribution in [0.3, 0.4) is 0 Å². The van der Waals surface area contributed by atoms with Gasteiger partial charge in [0.05, 0.1) is 0 Å². The van der Waals surface area contributed by atoms with Crippen LogP contribution in [0.25, 0.3) is 0 Å². The second-order valence-electron chi connectivity index (χ2n) is 6.02. The van der Waals surface area contributed by atoms with E-state index in [4.69, 9.17) is 11.6 Å². The summed E-state index contributed by atoms with van der Waals surface area (Å²) in [6, 6.07) is 6.64. The van der Waals surface area contributed by atoms with E-state index in [0.717, 1.165) is 49.5 Å². The molecule has 0 spiro atoms. The van der Waals surface area contributed by atoms with Crippen molar-refractivity contribution in [2.45, 2.75) is 39.2 Å². The van der Waals surface area contributed by atoms with Gasteiger partial charge >= 0.3 is 0 Å². The number of aliphatic hydroxyl groups excluding tert-OH is 1. The van der Waals surface area contributed by atoms with Crippen LogP contribution in [0.2, 0.25) is 5.02 Å². The molecule has 21 heavy (non-hydrogen) atoms. The summed E-state index contributed by atoms with van der Waals surface area (Å²) >= 11 is 6.48. The van der Waals surface area contributed by atoms with Gasteiger partial charge in [0.2, 0.25) is 0 Å². The standard InChI is InChI=1S/C17H27ClN2O/c1-3-8-19-13(2)16-7-6-15(10-17(16)18)20-9-4-5-14(11-20)12-21/h6-7,10,13-14,19,21H,3-5,8-9,11-12H2,1-2H3. The van der Waals surface area contributed by atoms with Crippen LogP contribution in [0.5, 0.6) is 0 Å². The zero-order valence-corrected chi connectivity index (χ0v) is 13.9. The zero-order chi connectivity index (χ0) is 15.2. The fraction of sp³-hybridized carbons (Fsp3) is 0.647. The van der Waals surface area contributed by atoms with Gasteiger partial charge in [-0.1, -0.05) is 24.6 Å². The molecule has 1 saturated heterocycles. The molecule has 0 saturated carbocycles. The maximum absolute atomic E-state index is 9.35. The van der Waals surface area contributed by atoms with Gasteiger partial charge in [-0.2, -0.15) is 0 Å². The Morgan fingerprint density at radius 3 is 2.95 bits per heavy atom. The lowest BCUT2D eigenvalue weighted by atomic mass is 9.98. The SMILES string of the molecule is CCCNC(C)c1ccc(N2CCCC(CO)C2)cc1Cl. The van der Waals surface area contributed by atoms with Crippen LogP contribution in [-0.4, -0.2) is 31.3 Å². The lowest BCUT2D eigenvalue weighted by molar-refractivity contribution is 0.209. The number of rotatable bonds is 6. The molecular formula is C17H27ClN2O. The van der Waals surface area contributed by atoms with Gasteiger partial charge in [-0.25, -0.2) is 0 Å². The molecule has 118 valence electrons. The van der Waals surface area contributed by atoms with Gasteiger partial charge in [-0.3, -0.25) is 0 Å². The number of piperidine rings is 1. The fourth-order valence-electron chi connectivity index (χ4n) is 2.98. The predicted molar refractivity (Wildman–Crippen MR) is 90.2 cm³/mol. The number of nitrogens with zero attached hydrogens (tertiary/aromatic N) is 1. The van der Waals surface area contributed by atoms with E-state index in [-0.39, 0.29) is 12.6 Å². The van der Waals surface area contributed by atoms with Crippen molar-refractivity contribution in [2.24, 2.45) is 5.92 Å². The highest BCUT2D eigenvalue weighted by Gasteiger charge is 2.20. The highest BCUT2D eigenvalue weighted by atomic mass is 35.5. The molecule has 0 radical (unpaired) electrons. The average Bonchev–Trinajstić information content (AvgIpc) is 2.52. The van der Waals surface area contributed by atoms with Gasteiger partial charge in [0, 0.05) is 36.4 Å².